The molecule has 1 aromatic heterocycles. The van der Waals surface area contributed by atoms with Crippen molar-refractivity contribution in [2.45, 2.75) is 38.4 Å². The SMILES string of the molecule is CCC(O)(CC)CN1CCO[C@@H](c2nncn2C)C1. The molecule has 6 nitrogen and oxygen atoms in total. The van der Waals surface area contributed by atoms with Crippen LogP contribution in [-0.4, -0.2) is 56.6 Å². The Morgan fingerprint density at radius 3 is 2.79 bits per heavy atom. The smallest absolute Gasteiger partial charge is 0.163 e. The van der Waals surface area contributed by atoms with Crippen LogP contribution in [0.2, 0.25) is 0 Å². The van der Waals surface area contributed by atoms with E-state index in [1.165, 1.54) is 0 Å². The Labute approximate surface area is 114 Å². The van der Waals surface area contributed by atoms with E-state index in [9.17, 15) is 5.11 Å². The van der Waals surface area contributed by atoms with Gasteiger partial charge in [0.05, 0.1) is 12.2 Å². The van der Waals surface area contributed by atoms with Crippen LogP contribution in [0.25, 0.3) is 0 Å². The van der Waals surface area contributed by atoms with Gasteiger partial charge in [-0.15, -0.1) is 10.2 Å². The summed E-state index contributed by atoms with van der Waals surface area (Å²) in [6.07, 6.45) is 3.18. The first-order chi connectivity index (χ1) is 9.08. The minimum absolute atomic E-state index is 0.0563. The van der Waals surface area contributed by atoms with E-state index in [1.807, 2.05) is 25.5 Å². The fourth-order valence-corrected chi connectivity index (χ4v) is 2.48. The third kappa shape index (κ3) is 3.32. The summed E-state index contributed by atoms with van der Waals surface area (Å²) in [6, 6.07) is 0. The molecule has 0 aromatic carbocycles. The number of rotatable bonds is 5. The van der Waals surface area contributed by atoms with Crippen molar-refractivity contribution in [1.82, 2.24) is 19.7 Å². The highest BCUT2D eigenvalue weighted by Crippen LogP contribution is 2.23. The maximum atomic E-state index is 10.4. The van der Waals surface area contributed by atoms with Crippen LogP contribution in [0.15, 0.2) is 6.33 Å². The minimum Gasteiger partial charge on any atom is -0.389 e. The lowest BCUT2D eigenvalue weighted by atomic mass is 9.96. The second-order valence-electron chi connectivity index (χ2n) is 5.33. The molecule has 2 heterocycles. The summed E-state index contributed by atoms with van der Waals surface area (Å²) in [5.74, 6) is 0.848. The van der Waals surface area contributed by atoms with E-state index in [2.05, 4.69) is 15.1 Å². The van der Waals surface area contributed by atoms with Gasteiger partial charge in [0.1, 0.15) is 12.4 Å². The van der Waals surface area contributed by atoms with Crippen LogP contribution in [0, 0.1) is 0 Å². The van der Waals surface area contributed by atoms with Gasteiger partial charge in [-0.3, -0.25) is 4.90 Å². The first-order valence-electron chi connectivity index (χ1n) is 6.98. The van der Waals surface area contributed by atoms with Gasteiger partial charge in [0, 0.05) is 26.7 Å². The average molecular weight is 268 g/mol. The fourth-order valence-electron chi connectivity index (χ4n) is 2.48. The molecule has 0 radical (unpaired) electrons. The van der Waals surface area contributed by atoms with Gasteiger partial charge < -0.3 is 14.4 Å². The number of aryl methyl sites for hydroxylation is 1. The molecule has 1 aliphatic rings. The predicted molar refractivity (Wildman–Crippen MR) is 71.7 cm³/mol. The molecule has 2 rings (SSSR count). The summed E-state index contributed by atoms with van der Waals surface area (Å²) < 4.78 is 7.66. The van der Waals surface area contributed by atoms with Crippen molar-refractivity contribution in [2.75, 3.05) is 26.2 Å². The molecule has 1 saturated heterocycles. The molecule has 0 aliphatic carbocycles. The quantitative estimate of drug-likeness (QED) is 0.853. The zero-order valence-corrected chi connectivity index (χ0v) is 12.0. The molecule has 0 bridgehead atoms. The second kappa shape index (κ2) is 5.98. The third-order valence-electron chi connectivity index (χ3n) is 4.02. The van der Waals surface area contributed by atoms with Crippen molar-refractivity contribution in [3.63, 3.8) is 0 Å². The largest absolute Gasteiger partial charge is 0.389 e. The van der Waals surface area contributed by atoms with E-state index < -0.39 is 5.60 Å². The molecule has 1 N–H and O–H groups in total. The predicted octanol–water partition coefficient (Wildman–Crippen LogP) is 0.739. The highest BCUT2D eigenvalue weighted by molar-refractivity contribution is 4.95. The van der Waals surface area contributed by atoms with Gasteiger partial charge in [-0.1, -0.05) is 13.8 Å². The van der Waals surface area contributed by atoms with Crippen LogP contribution in [0.5, 0.6) is 0 Å². The highest BCUT2D eigenvalue weighted by Gasteiger charge is 2.31. The van der Waals surface area contributed by atoms with Gasteiger partial charge in [0.2, 0.25) is 0 Å². The van der Waals surface area contributed by atoms with E-state index in [4.69, 9.17) is 4.74 Å². The Kier molecular flexibility index (Phi) is 4.54. The molecule has 0 spiro atoms. The van der Waals surface area contributed by atoms with E-state index in [1.54, 1.807) is 6.33 Å². The van der Waals surface area contributed by atoms with Crippen LogP contribution in [-0.2, 0) is 11.8 Å². The lowest BCUT2D eigenvalue weighted by Crippen LogP contribution is -2.48. The van der Waals surface area contributed by atoms with Gasteiger partial charge in [-0.25, -0.2) is 0 Å². The van der Waals surface area contributed by atoms with E-state index >= 15 is 0 Å². The molecule has 1 atom stereocenters. The molecule has 108 valence electrons. The topological polar surface area (TPSA) is 63.4 Å². The Hall–Kier alpha value is -0.980. The van der Waals surface area contributed by atoms with Gasteiger partial charge in [-0.05, 0) is 12.8 Å². The third-order valence-corrected chi connectivity index (χ3v) is 4.02. The second-order valence-corrected chi connectivity index (χ2v) is 5.33. The van der Waals surface area contributed by atoms with Crippen molar-refractivity contribution in [1.29, 1.82) is 0 Å². The Bertz CT molecular complexity index is 403. The number of hydrogen-bond donors (Lipinski definition) is 1. The van der Waals surface area contributed by atoms with Crippen LogP contribution < -0.4 is 0 Å². The minimum atomic E-state index is -0.595. The van der Waals surface area contributed by atoms with Crippen LogP contribution >= 0.6 is 0 Å². The summed E-state index contributed by atoms with van der Waals surface area (Å²) in [5.41, 5.74) is -0.595. The van der Waals surface area contributed by atoms with Crippen molar-refractivity contribution < 1.29 is 9.84 Å². The molecule has 1 fully saturated rings. The number of aromatic nitrogens is 3. The van der Waals surface area contributed by atoms with Crippen molar-refractivity contribution in [2.24, 2.45) is 7.05 Å². The summed E-state index contributed by atoms with van der Waals surface area (Å²) >= 11 is 0. The van der Waals surface area contributed by atoms with Gasteiger partial charge >= 0.3 is 0 Å². The van der Waals surface area contributed by atoms with Crippen LogP contribution in [0.1, 0.15) is 38.6 Å². The molecular formula is C13H24N4O2. The number of ether oxygens (including phenoxy) is 1. The number of morpholine rings is 1. The van der Waals surface area contributed by atoms with Crippen LogP contribution in [0.4, 0.5) is 0 Å². The lowest BCUT2D eigenvalue weighted by Gasteiger charge is -2.37. The molecule has 0 amide bonds. The van der Waals surface area contributed by atoms with Crippen molar-refractivity contribution >= 4 is 0 Å². The van der Waals surface area contributed by atoms with E-state index in [-0.39, 0.29) is 6.10 Å². The molecule has 19 heavy (non-hydrogen) atoms. The molecule has 1 aliphatic heterocycles. The first-order valence-corrected chi connectivity index (χ1v) is 6.98. The van der Waals surface area contributed by atoms with Crippen molar-refractivity contribution in [3.05, 3.63) is 12.2 Å². The zero-order valence-electron chi connectivity index (χ0n) is 12.0. The highest BCUT2D eigenvalue weighted by atomic mass is 16.5. The Morgan fingerprint density at radius 1 is 1.47 bits per heavy atom. The number of β-amino-alcohol motifs (C(OH)–C–C–N with tert-alkyl or cyclic N) is 1. The van der Waals surface area contributed by atoms with Crippen molar-refractivity contribution in [3.8, 4) is 0 Å². The molecule has 1 aromatic rings. The summed E-state index contributed by atoms with van der Waals surface area (Å²) in [6.45, 7) is 7.04. The van der Waals surface area contributed by atoms with E-state index in [0.717, 1.165) is 31.8 Å². The monoisotopic (exact) mass is 268 g/mol. The molecule has 0 saturated carbocycles. The Morgan fingerprint density at radius 2 is 2.21 bits per heavy atom. The molecule has 6 heteroatoms. The van der Waals surface area contributed by atoms with Gasteiger partial charge in [-0.2, -0.15) is 0 Å². The van der Waals surface area contributed by atoms with Crippen LogP contribution in [0.3, 0.4) is 0 Å². The van der Waals surface area contributed by atoms with E-state index in [0.29, 0.717) is 13.2 Å². The average Bonchev–Trinajstić information content (AvgIpc) is 2.85. The maximum Gasteiger partial charge on any atom is 0.163 e. The Balaban J connectivity index is 2.00. The zero-order chi connectivity index (χ0) is 13.9. The lowest BCUT2D eigenvalue weighted by molar-refractivity contribution is -0.0714. The van der Waals surface area contributed by atoms with Gasteiger partial charge in [0.15, 0.2) is 5.82 Å². The maximum absolute atomic E-state index is 10.4. The molecular weight excluding hydrogens is 244 g/mol. The summed E-state index contributed by atoms with van der Waals surface area (Å²) in [5, 5.41) is 18.4. The standard InChI is InChI=1S/C13H24N4O2/c1-4-13(18,5-2)9-17-6-7-19-11(8-17)12-15-14-10-16(12)3/h10-11,18H,4-9H2,1-3H3/t11-/m1/s1. The summed E-state index contributed by atoms with van der Waals surface area (Å²) in [7, 11) is 1.92. The molecule has 0 unspecified atom stereocenters. The first kappa shape index (κ1) is 14.4. The normalized spacial score (nSPS) is 21.8. The number of nitrogens with zero attached hydrogens (tertiary/aromatic N) is 4. The van der Waals surface area contributed by atoms with Gasteiger partial charge in [0.25, 0.3) is 0 Å². The fraction of sp³-hybridized carbons (Fsp3) is 0.846. The number of aliphatic hydroxyl groups is 1. The number of hydrogen-bond acceptors (Lipinski definition) is 5. The summed E-state index contributed by atoms with van der Waals surface area (Å²) in [4.78, 5) is 2.26.